The van der Waals surface area contributed by atoms with Gasteiger partial charge >= 0.3 is 0 Å². The Morgan fingerprint density at radius 2 is 1.69 bits per heavy atom. The van der Waals surface area contributed by atoms with Gasteiger partial charge in [0, 0.05) is 30.3 Å². The van der Waals surface area contributed by atoms with E-state index in [9.17, 15) is 0 Å². The van der Waals surface area contributed by atoms with Gasteiger partial charge in [-0.3, -0.25) is 0 Å². The van der Waals surface area contributed by atoms with Gasteiger partial charge in [0.05, 0.1) is 5.69 Å². The maximum absolute atomic E-state index is 6.04. The highest BCUT2D eigenvalue weighted by Crippen LogP contribution is 2.49. The lowest BCUT2D eigenvalue weighted by molar-refractivity contribution is 0.358. The van der Waals surface area contributed by atoms with E-state index in [4.69, 9.17) is 11.5 Å². The topological polar surface area (TPSA) is 128 Å². The van der Waals surface area contributed by atoms with Crippen LogP contribution >= 0.6 is 0 Å². The van der Waals surface area contributed by atoms with Crippen molar-refractivity contribution in [1.29, 1.82) is 0 Å². The van der Waals surface area contributed by atoms with Gasteiger partial charge in [-0.2, -0.15) is 9.97 Å². The molecule has 0 bridgehead atoms. The maximum Gasteiger partial charge on any atom is 0.222 e. The average Bonchev–Trinajstić information content (AvgIpc) is 3.09. The number of nitrogen functional groups attached to an aromatic ring is 2. The second-order valence-corrected chi connectivity index (χ2v) is 7.25. The molecular formula is C18H26N8. The van der Waals surface area contributed by atoms with E-state index in [1.54, 1.807) is 12.3 Å². The summed E-state index contributed by atoms with van der Waals surface area (Å²) in [4.78, 5) is 17.2. The van der Waals surface area contributed by atoms with Crippen molar-refractivity contribution in [3.63, 3.8) is 0 Å². The zero-order valence-corrected chi connectivity index (χ0v) is 15.0. The molecule has 2 aliphatic rings. The summed E-state index contributed by atoms with van der Waals surface area (Å²) in [6, 6.07) is 1.80. The molecule has 2 heterocycles. The Morgan fingerprint density at radius 1 is 0.923 bits per heavy atom. The Bertz CT molecular complexity index is 785. The van der Waals surface area contributed by atoms with Crippen LogP contribution in [0.1, 0.15) is 49.8 Å². The van der Waals surface area contributed by atoms with Crippen molar-refractivity contribution in [2.75, 3.05) is 35.2 Å². The molecule has 8 nitrogen and oxygen atoms in total. The molecule has 1 fully saturated rings. The highest BCUT2D eigenvalue weighted by atomic mass is 15.1. The highest BCUT2D eigenvalue weighted by molar-refractivity contribution is 5.53. The molecule has 0 amide bonds. The second-order valence-electron chi connectivity index (χ2n) is 7.25. The van der Waals surface area contributed by atoms with Gasteiger partial charge in [-0.05, 0) is 38.2 Å². The highest BCUT2D eigenvalue weighted by Gasteiger charge is 2.41. The van der Waals surface area contributed by atoms with Crippen molar-refractivity contribution in [3.05, 3.63) is 23.5 Å². The van der Waals surface area contributed by atoms with Gasteiger partial charge in [0.2, 0.25) is 11.9 Å². The molecule has 2 aromatic heterocycles. The van der Waals surface area contributed by atoms with E-state index in [1.807, 2.05) is 0 Å². The predicted molar refractivity (Wildman–Crippen MR) is 103 cm³/mol. The van der Waals surface area contributed by atoms with Crippen LogP contribution in [0.15, 0.2) is 12.3 Å². The summed E-state index contributed by atoms with van der Waals surface area (Å²) in [6.07, 6.45) is 10.1. The summed E-state index contributed by atoms with van der Waals surface area (Å²) >= 11 is 0. The molecule has 0 unspecified atom stereocenters. The zero-order valence-electron chi connectivity index (χ0n) is 15.0. The van der Waals surface area contributed by atoms with Crippen LogP contribution in [0.5, 0.6) is 0 Å². The van der Waals surface area contributed by atoms with E-state index >= 15 is 0 Å². The number of anilines is 4. The minimum Gasteiger partial charge on any atom is -0.368 e. The number of nitrogens with zero attached hydrogens (tertiary/aromatic N) is 4. The van der Waals surface area contributed by atoms with Crippen LogP contribution in [-0.2, 0) is 11.8 Å². The molecule has 26 heavy (non-hydrogen) atoms. The van der Waals surface area contributed by atoms with Gasteiger partial charge < -0.3 is 22.1 Å². The summed E-state index contributed by atoms with van der Waals surface area (Å²) in [5, 5.41) is 6.67. The van der Waals surface area contributed by atoms with Gasteiger partial charge in [-0.15, -0.1) is 0 Å². The van der Waals surface area contributed by atoms with E-state index in [0.29, 0.717) is 24.9 Å². The Kier molecular flexibility index (Phi) is 4.48. The first kappa shape index (κ1) is 16.8. The third kappa shape index (κ3) is 3.23. The van der Waals surface area contributed by atoms with Crippen LogP contribution in [0.3, 0.4) is 0 Å². The molecule has 0 atom stereocenters. The Labute approximate surface area is 153 Å². The molecule has 8 heteroatoms. The molecule has 0 aliphatic heterocycles. The quantitative estimate of drug-likeness (QED) is 0.601. The number of aromatic nitrogens is 4. The van der Waals surface area contributed by atoms with Crippen LogP contribution in [0.2, 0.25) is 0 Å². The molecule has 0 radical (unpaired) electrons. The zero-order chi connectivity index (χ0) is 18.0. The van der Waals surface area contributed by atoms with Crippen molar-refractivity contribution in [3.8, 4) is 0 Å². The van der Waals surface area contributed by atoms with Crippen LogP contribution in [0.25, 0.3) is 0 Å². The number of hydrogen-bond donors (Lipinski definition) is 4. The molecule has 2 aromatic rings. The van der Waals surface area contributed by atoms with Gasteiger partial charge in [0.15, 0.2) is 0 Å². The number of fused-ring (bicyclic) bond motifs is 2. The Hall–Kier alpha value is -2.64. The maximum atomic E-state index is 6.04. The number of nitrogens with two attached hydrogens (primary N) is 2. The summed E-state index contributed by atoms with van der Waals surface area (Å²) in [5.41, 5.74) is 14.3. The average molecular weight is 354 g/mol. The first-order valence-electron chi connectivity index (χ1n) is 9.39. The van der Waals surface area contributed by atoms with Crippen molar-refractivity contribution >= 4 is 23.5 Å². The monoisotopic (exact) mass is 354 g/mol. The largest absolute Gasteiger partial charge is 0.368 e. The van der Waals surface area contributed by atoms with E-state index in [1.165, 1.54) is 49.8 Å². The molecule has 1 saturated carbocycles. The third-order valence-electron chi connectivity index (χ3n) is 5.57. The van der Waals surface area contributed by atoms with E-state index in [-0.39, 0.29) is 11.4 Å². The second kappa shape index (κ2) is 6.93. The SMILES string of the molecule is Nc1nccc(NCCNc2nc(N)nc3c2CCCC32CCCC2)n1. The molecule has 1 spiro atoms. The number of nitrogens with one attached hydrogen (secondary N) is 2. The van der Waals surface area contributed by atoms with Gasteiger partial charge in [0.25, 0.3) is 0 Å². The fraction of sp³-hybridized carbons (Fsp3) is 0.556. The first-order chi connectivity index (χ1) is 12.7. The Morgan fingerprint density at radius 3 is 2.50 bits per heavy atom. The lowest BCUT2D eigenvalue weighted by Crippen LogP contribution is -2.31. The molecule has 6 N–H and O–H groups in total. The minimum atomic E-state index is 0.234. The van der Waals surface area contributed by atoms with E-state index < -0.39 is 0 Å². The van der Waals surface area contributed by atoms with Crippen LogP contribution in [0, 0.1) is 0 Å². The van der Waals surface area contributed by atoms with Crippen molar-refractivity contribution in [2.45, 2.75) is 50.4 Å². The summed E-state index contributed by atoms with van der Waals surface area (Å²) in [7, 11) is 0. The van der Waals surface area contributed by atoms with Gasteiger partial charge in [-0.1, -0.05) is 12.8 Å². The summed E-state index contributed by atoms with van der Waals surface area (Å²) < 4.78 is 0. The van der Waals surface area contributed by atoms with Gasteiger partial charge in [-0.25, -0.2) is 9.97 Å². The summed E-state index contributed by atoms with van der Waals surface area (Å²) in [6.45, 7) is 1.40. The van der Waals surface area contributed by atoms with Crippen LogP contribution < -0.4 is 22.1 Å². The molecular weight excluding hydrogens is 328 g/mol. The fourth-order valence-electron chi connectivity index (χ4n) is 4.43. The standard InChI is InChI=1S/C18H26N8/c19-16-23-9-5-13(24-16)21-10-11-22-15-12-4-3-8-18(6-1-2-7-18)14(12)25-17(20)26-15/h5,9H,1-4,6-8,10-11H2,(H3,19,21,23,24)(H3,20,22,25,26). The van der Waals surface area contributed by atoms with E-state index in [2.05, 4.69) is 30.6 Å². The van der Waals surface area contributed by atoms with Crippen LogP contribution in [-0.4, -0.2) is 33.0 Å². The molecule has 2 aliphatic carbocycles. The lowest BCUT2D eigenvalue weighted by Gasteiger charge is -2.35. The van der Waals surface area contributed by atoms with Crippen molar-refractivity contribution in [2.24, 2.45) is 0 Å². The van der Waals surface area contributed by atoms with Gasteiger partial charge in [0.1, 0.15) is 11.6 Å². The first-order valence-corrected chi connectivity index (χ1v) is 9.39. The number of hydrogen-bond acceptors (Lipinski definition) is 8. The molecule has 0 aromatic carbocycles. The van der Waals surface area contributed by atoms with Crippen molar-refractivity contribution < 1.29 is 0 Å². The Balaban J connectivity index is 1.46. The lowest BCUT2D eigenvalue weighted by atomic mass is 9.72. The van der Waals surface area contributed by atoms with Crippen LogP contribution in [0.4, 0.5) is 23.5 Å². The minimum absolute atomic E-state index is 0.234. The molecule has 4 rings (SSSR count). The summed E-state index contributed by atoms with van der Waals surface area (Å²) in [5.74, 6) is 2.24. The fourth-order valence-corrected chi connectivity index (χ4v) is 4.43. The molecule has 138 valence electrons. The number of rotatable bonds is 5. The predicted octanol–water partition coefficient (Wildman–Crippen LogP) is 2.10. The van der Waals surface area contributed by atoms with Crippen molar-refractivity contribution in [1.82, 2.24) is 19.9 Å². The normalized spacial score (nSPS) is 17.8. The smallest absolute Gasteiger partial charge is 0.222 e. The molecule has 0 saturated heterocycles. The third-order valence-corrected chi connectivity index (χ3v) is 5.57. The van der Waals surface area contributed by atoms with E-state index in [0.717, 1.165) is 12.2 Å².